The number of carbonyl (C=O) groups excluding carboxylic acids is 1. The molecule has 1 saturated heterocycles. The quantitative estimate of drug-likeness (QED) is 0.767. The van der Waals surface area contributed by atoms with E-state index >= 15 is 0 Å². The molecule has 2 heterocycles. The van der Waals surface area contributed by atoms with Gasteiger partial charge in [0.2, 0.25) is 5.91 Å². The van der Waals surface area contributed by atoms with E-state index in [9.17, 15) is 4.79 Å². The van der Waals surface area contributed by atoms with Gasteiger partial charge in [-0.25, -0.2) is 0 Å². The fourth-order valence-electron chi connectivity index (χ4n) is 3.15. The number of likely N-dealkylation sites (tertiary alicyclic amines) is 1. The molecule has 0 N–H and O–H groups in total. The monoisotopic (exact) mass is 318 g/mol. The van der Waals surface area contributed by atoms with E-state index in [4.69, 9.17) is 0 Å². The lowest BCUT2D eigenvalue weighted by Gasteiger charge is -2.25. The molecule has 5 heteroatoms. The Hall–Kier alpha value is -1.46. The predicted octanol–water partition coefficient (Wildman–Crippen LogP) is 1.70. The summed E-state index contributed by atoms with van der Waals surface area (Å²) in [4.78, 5) is 23.1. The van der Waals surface area contributed by atoms with Gasteiger partial charge in [-0.2, -0.15) is 0 Å². The van der Waals surface area contributed by atoms with E-state index in [1.165, 1.54) is 6.42 Å². The van der Waals surface area contributed by atoms with Gasteiger partial charge in [-0.1, -0.05) is 6.07 Å². The van der Waals surface area contributed by atoms with Crippen molar-refractivity contribution < 1.29 is 4.79 Å². The molecule has 1 aliphatic heterocycles. The van der Waals surface area contributed by atoms with Gasteiger partial charge in [0, 0.05) is 38.9 Å². The van der Waals surface area contributed by atoms with E-state index in [1.807, 2.05) is 42.1 Å². The fraction of sp³-hybridized carbons (Fsp3) is 0.667. The van der Waals surface area contributed by atoms with Crippen LogP contribution in [0.15, 0.2) is 24.4 Å². The summed E-state index contributed by atoms with van der Waals surface area (Å²) in [5, 5.41) is 0. The van der Waals surface area contributed by atoms with E-state index in [0.717, 1.165) is 25.3 Å². The number of amides is 1. The molecule has 0 aliphatic carbocycles. The summed E-state index contributed by atoms with van der Waals surface area (Å²) >= 11 is 0. The minimum atomic E-state index is 0.187. The first-order valence-electron chi connectivity index (χ1n) is 8.52. The maximum absolute atomic E-state index is 12.4. The topological polar surface area (TPSA) is 39.7 Å². The van der Waals surface area contributed by atoms with Crippen molar-refractivity contribution in [3.05, 3.63) is 30.1 Å². The zero-order valence-corrected chi connectivity index (χ0v) is 14.9. The Kier molecular flexibility index (Phi) is 6.54. The lowest BCUT2D eigenvalue weighted by Crippen LogP contribution is -2.39. The molecule has 1 amide bonds. The van der Waals surface area contributed by atoms with Crippen LogP contribution in [0.25, 0.3) is 0 Å². The van der Waals surface area contributed by atoms with E-state index in [2.05, 4.69) is 23.7 Å². The highest BCUT2D eigenvalue weighted by molar-refractivity contribution is 5.77. The third kappa shape index (κ3) is 5.59. The van der Waals surface area contributed by atoms with Gasteiger partial charge in [0.15, 0.2) is 0 Å². The summed E-state index contributed by atoms with van der Waals surface area (Å²) < 4.78 is 0. The Bertz CT molecular complexity index is 491. The highest BCUT2D eigenvalue weighted by Crippen LogP contribution is 2.19. The molecule has 0 aromatic carbocycles. The molecular formula is C18H30N4O. The van der Waals surface area contributed by atoms with Crippen molar-refractivity contribution in [3.8, 4) is 0 Å². The Morgan fingerprint density at radius 2 is 2.17 bits per heavy atom. The second kappa shape index (κ2) is 8.41. The molecule has 0 bridgehead atoms. The molecular weight excluding hydrogens is 288 g/mol. The molecule has 0 spiro atoms. The molecule has 2 rings (SSSR count). The summed E-state index contributed by atoms with van der Waals surface area (Å²) in [5.41, 5.74) is 0.994. The minimum absolute atomic E-state index is 0.187. The summed E-state index contributed by atoms with van der Waals surface area (Å²) in [6, 6.07) is 6.48. The van der Waals surface area contributed by atoms with Crippen LogP contribution in [-0.4, -0.2) is 71.9 Å². The minimum Gasteiger partial charge on any atom is -0.344 e. The van der Waals surface area contributed by atoms with Gasteiger partial charge in [-0.05, 0) is 51.9 Å². The summed E-state index contributed by atoms with van der Waals surface area (Å²) in [6.45, 7) is 8.74. The lowest BCUT2D eigenvalue weighted by molar-refractivity contribution is -0.131. The zero-order valence-electron chi connectivity index (χ0n) is 14.9. The Morgan fingerprint density at radius 3 is 2.78 bits per heavy atom. The number of pyridine rings is 1. The molecule has 0 unspecified atom stereocenters. The smallest absolute Gasteiger partial charge is 0.236 e. The third-order valence-corrected chi connectivity index (χ3v) is 4.57. The number of likely N-dealkylation sites (N-methyl/N-ethyl adjacent to an activating group) is 2. The maximum atomic E-state index is 12.4. The first kappa shape index (κ1) is 17.9. The van der Waals surface area contributed by atoms with Crippen LogP contribution in [0.2, 0.25) is 0 Å². The van der Waals surface area contributed by atoms with Gasteiger partial charge in [-0.15, -0.1) is 0 Å². The number of hydrogen-bond acceptors (Lipinski definition) is 4. The lowest BCUT2D eigenvalue weighted by atomic mass is 10.1. The van der Waals surface area contributed by atoms with Crippen molar-refractivity contribution in [2.75, 3.05) is 40.3 Å². The van der Waals surface area contributed by atoms with Crippen LogP contribution in [0, 0.1) is 5.92 Å². The zero-order chi connectivity index (χ0) is 16.8. The SMILES string of the molecule is CC(C)N1CC[C@@H](CN(C)C(=O)CN(C)Cc2ccccn2)C1. The Labute approximate surface area is 140 Å². The summed E-state index contributed by atoms with van der Waals surface area (Å²) in [5.74, 6) is 0.791. The van der Waals surface area contributed by atoms with Crippen LogP contribution in [0.3, 0.4) is 0 Å². The van der Waals surface area contributed by atoms with Crippen molar-refractivity contribution in [3.63, 3.8) is 0 Å². The molecule has 1 atom stereocenters. The second-order valence-corrected chi connectivity index (χ2v) is 7.01. The van der Waals surface area contributed by atoms with E-state index < -0.39 is 0 Å². The van der Waals surface area contributed by atoms with Crippen molar-refractivity contribution in [1.82, 2.24) is 19.7 Å². The number of nitrogens with zero attached hydrogens (tertiary/aromatic N) is 4. The van der Waals surface area contributed by atoms with E-state index in [0.29, 0.717) is 25.0 Å². The molecule has 1 aliphatic rings. The third-order valence-electron chi connectivity index (χ3n) is 4.57. The average molecular weight is 318 g/mol. The van der Waals surface area contributed by atoms with Crippen molar-refractivity contribution >= 4 is 5.91 Å². The van der Waals surface area contributed by atoms with Crippen LogP contribution >= 0.6 is 0 Å². The standard InChI is InChI=1S/C18H30N4O/c1-15(2)22-10-8-16(12-22)11-21(4)18(23)14-20(3)13-17-7-5-6-9-19-17/h5-7,9,15-16H,8,10-14H2,1-4H3/t16-/m0/s1. The largest absolute Gasteiger partial charge is 0.344 e. The van der Waals surface area contributed by atoms with Gasteiger partial charge in [0.1, 0.15) is 0 Å². The van der Waals surface area contributed by atoms with Crippen LogP contribution in [0.1, 0.15) is 26.0 Å². The van der Waals surface area contributed by atoms with E-state index in [1.54, 1.807) is 6.20 Å². The first-order chi connectivity index (χ1) is 11.0. The molecule has 1 aromatic rings. The van der Waals surface area contributed by atoms with Crippen molar-refractivity contribution in [2.24, 2.45) is 5.92 Å². The van der Waals surface area contributed by atoms with Gasteiger partial charge in [0.05, 0.1) is 12.2 Å². The predicted molar refractivity (Wildman–Crippen MR) is 93.0 cm³/mol. The van der Waals surface area contributed by atoms with Crippen LogP contribution < -0.4 is 0 Å². The van der Waals surface area contributed by atoms with Crippen LogP contribution in [0.4, 0.5) is 0 Å². The van der Waals surface area contributed by atoms with Gasteiger partial charge >= 0.3 is 0 Å². The molecule has 1 aromatic heterocycles. The summed E-state index contributed by atoms with van der Waals surface area (Å²) in [6.07, 6.45) is 2.98. The van der Waals surface area contributed by atoms with Gasteiger partial charge in [-0.3, -0.25) is 14.7 Å². The molecule has 0 radical (unpaired) electrons. The number of hydrogen-bond donors (Lipinski definition) is 0. The van der Waals surface area contributed by atoms with Crippen molar-refractivity contribution in [2.45, 2.75) is 32.9 Å². The first-order valence-corrected chi connectivity index (χ1v) is 8.52. The van der Waals surface area contributed by atoms with E-state index in [-0.39, 0.29) is 5.91 Å². The number of aromatic nitrogens is 1. The normalized spacial score (nSPS) is 18.8. The number of rotatable bonds is 7. The maximum Gasteiger partial charge on any atom is 0.236 e. The number of carbonyl (C=O) groups is 1. The van der Waals surface area contributed by atoms with Crippen LogP contribution in [-0.2, 0) is 11.3 Å². The Balaban J connectivity index is 1.74. The average Bonchev–Trinajstić information content (AvgIpc) is 2.96. The fourth-order valence-corrected chi connectivity index (χ4v) is 3.15. The highest BCUT2D eigenvalue weighted by atomic mass is 16.2. The summed E-state index contributed by atoms with van der Waals surface area (Å²) in [7, 11) is 3.89. The molecule has 128 valence electrons. The Morgan fingerprint density at radius 1 is 1.39 bits per heavy atom. The van der Waals surface area contributed by atoms with Gasteiger partial charge in [0.25, 0.3) is 0 Å². The molecule has 5 nitrogen and oxygen atoms in total. The van der Waals surface area contributed by atoms with Crippen molar-refractivity contribution in [1.29, 1.82) is 0 Å². The highest BCUT2D eigenvalue weighted by Gasteiger charge is 2.26. The molecule has 1 fully saturated rings. The van der Waals surface area contributed by atoms with Gasteiger partial charge < -0.3 is 9.80 Å². The van der Waals surface area contributed by atoms with Crippen LogP contribution in [0.5, 0.6) is 0 Å². The molecule has 0 saturated carbocycles. The second-order valence-electron chi connectivity index (χ2n) is 7.01. The molecule has 23 heavy (non-hydrogen) atoms.